The lowest BCUT2D eigenvalue weighted by Gasteiger charge is -2.23. The van der Waals surface area contributed by atoms with Gasteiger partial charge in [-0.1, -0.05) is 25.5 Å². The Morgan fingerprint density at radius 1 is 1.39 bits per heavy atom. The zero-order valence-corrected chi connectivity index (χ0v) is 12.4. The van der Waals surface area contributed by atoms with Crippen LogP contribution in [0.5, 0.6) is 0 Å². The van der Waals surface area contributed by atoms with E-state index < -0.39 is 5.54 Å². The first-order valence-corrected chi connectivity index (χ1v) is 6.04. The van der Waals surface area contributed by atoms with Gasteiger partial charge in [0.15, 0.2) is 0 Å². The minimum Gasteiger partial charge on any atom is -0.324 e. The van der Waals surface area contributed by atoms with Gasteiger partial charge in [0.1, 0.15) is 0 Å². The fourth-order valence-electron chi connectivity index (χ4n) is 1.77. The molecule has 0 saturated heterocycles. The van der Waals surface area contributed by atoms with Gasteiger partial charge >= 0.3 is 0 Å². The predicted octanol–water partition coefficient (Wildman–Crippen LogP) is 3.18. The van der Waals surface area contributed by atoms with Gasteiger partial charge in [0, 0.05) is 5.69 Å². The Hall–Kier alpha value is -1.06. The molecular weight excluding hydrogens is 248 g/mol. The van der Waals surface area contributed by atoms with Crippen molar-refractivity contribution in [2.24, 2.45) is 5.73 Å². The van der Waals surface area contributed by atoms with Gasteiger partial charge < -0.3 is 11.1 Å². The van der Waals surface area contributed by atoms with E-state index in [1.54, 1.807) is 6.92 Å². The van der Waals surface area contributed by atoms with Gasteiger partial charge in [0.2, 0.25) is 5.91 Å². The highest BCUT2D eigenvalue weighted by molar-refractivity contribution is 5.98. The van der Waals surface area contributed by atoms with Crippen LogP contribution in [0.1, 0.15) is 37.8 Å². The minimum absolute atomic E-state index is 0. The highest BCUT2D eigenvalue weighted by Gasteiger charge is 2.27. The van der Waals surface area contributed by atoms with Crippen molar-refractivity contribution in [1.82, 2.24) is 0 Å². The summed E-state index contributed by atoms with van der Waals surface area (Å²) in [5, 5.41) is 2.91. The maximum absolute atomic E-state index is 12.1. The van der Waals surface area contributed by atoms with E-state index in [2.05, 4.69) is 5.32 Å². The highest BCUT2D eigenvalue weighted by Crippen LogP contribution is 2.19. The van der Waals surface area contributed by atoms with Gasteiger partial charge in [-0.25, -0.2) is 0 Å². The smallest absolute Gasteiger partial charge is 0.244 e. The molecular formula is C14H23ClN2O. The largest absolute Gasteiger partial charge is 0.324 e. The fourth-order valence-corrected chi connectivity index (χ4v) is 1.77. The zero-order valence-electron chi connectivity index (χ0n) is 11.5. The van der Waals surface area contributed by atoms with Gasteiger partial charge in [0.05, 0.1) is 5.54 Å². The molecule has 0 aromatic heterocycles. The average Bonchev–Trinajstić information content (AvgIpc) is 2.23. The minimum atomic E-state index is -0.801. The number of carbonyl (C=O) groups excluding carboxylic acids is 1. The van der Waals surface area contributed by atoms with E-state index in [9.17, 15) is 4.79 Å². The summed E-state index contributed by atoms with van der Waals surface area (Å²) in [5.41, 5.74) is 8.22. The van der Waals surface area contributed by atoms with Gasteiger partial charge in [0.25, 0.3) is 0 Å². The van der Waals surface area contributed by atoms with Crippen molar-refractivity contribution in [3.05, 3.63) is 29.3 Å². The first-order valence-electron chi connectivity index (χ1n) is 6.04. The van der Waals surface area contributed by atoms with Gasteiger partial charge in [-0.15, -0.1) is 12.4 Å². The summed E-state index contributed by atoms with van der Waals surface area (Å²) < 4.78 is 0. The number of amides is 1. The molecule has 0 saturated carbocycles. The van der Waals surface area contributed by atoms with Crippen molar-refractivity contribution in [3.63, 3.8) is 0 Å². The number of aryl methyl sites for hydroxylation is 2. The summed E-state index contributed by atoms with van der Waals surface area (Å²) in [7, 11) is 0. The summed E-state index contributed by atoms with van der Waals surface area (Å²) >= 11 is 0. The molecule has 1 amide bonds. The number of hydrogen-bond acceptors (Lipinski definition) is 2. The van der Waals surface area contributed by atoms with Crippen LogP contribution in [0.4, 0.5) is 5.69 Å². The summed E-state index contributed by atoms with van der Waals surface area (Å²) in [6.07, 6.45) is 1.58. The summed E-state index contributed by atoms with van der Waals surface area (Å²) in [6, 6.07) is 5.99. The number of benzene rings is 1. The molecule has 0 fully saturated rings. The molecule has 1 aromatic carbocycles. The Morgan fingerprint density at radius 2 is 2.00 bits per heavy atom. The van der Waals surface area contributed by atoms with E-state index in [1.807, 2.05) is 39.0 Å². The molecule has 0 bridgehead atoms. The molecule has 0 radical (unpaired) electrons. The molecule has 18 heavy (non-hydrogen) atoms. The highest BCUT2D eigenvalue weighted by atomic mass is 35.5. The van der Waals surface area contributed by atoms with Crippen LogP contribution < -0.4 is 11.1 Å². The van der Waals surface area contributed by atoms with E-state index >= 15 is 0 Å². The number of carbonyl (C=O) groups is 1. The number of halogens is 1. The topological polar surface area (TPSA) is 55.1 Å². The van der Waals surface area contributed by atoms with Crippen molar-refractivity contribution in [2.45, 2.75) is 46.1 Å². The summed E-state index contributed by atoms with van der Waals surface area (Å²) in [6.45, 7) is 7.78. The van der Waals surface area contributed by atoms with Crippen molar-refractivity contribution >= 4 is 24.0 Å². The normalized spacial score (nSPS) is 13.4. The monoisotopic (exact) mass is 270 g/mol. The number of rotatable bonds is 4. The van der Waals surface area contributed by atoms with Crippen molar-refractivity contribution in [2.75, 3.05) is 5.32 Å². The average molecular weight is 271 g/mol. The molecule has 4 heteroatoms. The van der Waals surface area contributed by atoms with Crippen LogP contribution in [-0.2, 0) is 4.79 Å². The molecule has 0 aliphatic heterocycles. The third-order valence-electron chi connectivity index (χ3n) is 2.93. The van der Waals surface area contributed by atoms with Crippen LogP contribution in [0.2, 0.25) is 0 Å². The second kappa shape index (κ2) is 6.76. The van der Waals surface area contributed by atoms with Crippen LogP contribution >= 0.6 is 12.4 Å². The number of anilines is 1. The molecule has 0 spiro atoms. The van der Waals surface area contributed by atoms with E-state index in [-0.39, 0.29) is 18.3 Å². The zero-order chi connectivity index (χ0) is 13.1. The third kappa shape index (κ3) is 4.31. The second-order valence-corrected chi connectivity index (χ2v) is 4.94. The molecule has 1 aromatic rings. The van der Waals surface area contributed by atoms with Gasteiger partial charge in [-0.2, -0.15) is 0 Å². The number of hydrogen-bond donors (Lipinski definition) is 2. The molecule has 3 nitrogen and oxygen atoms in total. The first-order chi connectivity index (χ1) is 7.86. The SMILES string of the molecule is CCCC(C)(N)C(=O)Nc1cc(C)ccc1C.Cl. The Kier molecular flexibility index (Phi) is 6.36. The molecule has 1 unspecified atom stereocenters. The number of nitrogens with two attached hydrogens (primary N) is 1. The fraction of sp³-hybridized carbons (Fsp3) is 0.500. The molecule has 1 rings (SSSR count). The van der Waals surface area contributed by atoms with E-state index in [4.69, 9.17) is 5.73 Å². The molecule has 0 aliphatic carbocycles. The van der Waals surface area contributed by atoms with Crippen LogP contribution in [0, 0.1) is 13.8 Å². The van der Waals surface area contributed by atoms with Crippen LogP contribution in [0.15, 0.2) is 18.2 Å². The van der Waals surface area contributed by atoms with Crippen molar-refractivity contribution in [1.29, 1.82) is 0 Å². The first kappa shape index (κ1) is 16.9. The van der Waals surface area contributed by atoms with Crippen LogP contribution in [-0.4, -0.2) is 11.4 Å². The maximum atomic E-state index is 12.1. The lowest BCUT2D eigenvalue weighted by atomic mass is 9.96. The van der Waals surface area contributed by atoms with Crippen molar-refractivity contribution in [3.8, 4) is 0 Å². The molecule has 102 valence electrons. The van der Waals surface area contributed by atoms with Crippen LogP contribution in [0.25, 0.3) is 0 Å². The summed E-state index contributed by atoms with van der Waals surface area (Å²) in [5.74, 6) is -0.118. The maximum Gasteiger partial charge on any atom is 0.244 e. The predicted molar refractivity (Wildman–Crippen MR) is 79.3 cm³/mol. The summed E-state index contributed by atoms with van der Waals surface area (Å²) in [4.78, 5) is 12.1. The van der Waals surface area contributed by atoms with E-state index in [1.165, 1.54) is 0 Å². The quantitative estimate of drug-likeness (QED) is 0.883. The number of nitrogens with one attached hydrogen (secondary N) is 1. The Labute approximate surface area is 116 Å². The lowest BCUT2D eigenvalue weighted by Crippen LogP contribution is -2.48. The van der Waals surface area contributed by atoms with Gasteiger partial charge in [-0.05, 0) is 44.4 Å². The van der Waals surface area contributed by atoms with Gasteiger partial charge in [-0.3, -0.25) is 4.79 Å². The lowest BCUT2D eigenvalue weighted by molar-refractivity contribution is -0.120. The Bertz CT molecular complexity index is 416. The second-order valence-electron chi connectivity index (χ2n) is 4.94. The standard InChI is InChI=1S/C14H22N2O.ClH/c1-5-8-14(4,15)13(17)16-12-9-10(2)6-7-11(12)3;/h6-7,9H,5,8,15H2,1-4H3,(H,16,17);1H. The third-order valence-corrected chi connectivity index (χ3v) is 2.93. The van der Waals surface area contributed by atoms with E-state index in [0.29, 0.717) is 6.42 Å². The Morgan fingerprint density at radius 3 is 2.56 bits per heavy atom. The molecule has 1 atom stereocenters. The van der Waals surface area contributed by atoms with E-state index in [0.717, 1.165) is 23.2 Å². The molecule has 0 aliphatic rings. The van der Waals surface area contributed by atoms with Crippen molar-refractivity contribution < 1.29 is 4.79 Å². The Balaban J connectivity index is 0.00000289. The van der Waals surface area contributed by atoms with Crippen LogP contribution in [0.3, 0.4) is 0 Å². The molecule has 3 N–H and O–H groups in total. The molecule has 0 heterocycles.